The number of hydrogen-bond donors (Lipinski definition) is 4. The molecule has 0 fully saturated rings. The minimum atomic E-state index is 0.0439. The van der Waals surface area contributed by atoms with Gasteiger partial charge < -0.3 is 5.73 Å². The number of nitrogen functional groups attached to an aromatic ring is 2. The molecule has 0 amide bonds. The lowest BCUT2D eigenvalue weighted by Gasteiger charge is -2.14. The van der Waals surface area contributed by atoms with Crippen LogP contribution in [0.5, 0.6) is 0 Å². The number of nitrogens with zero attached hydrogens (tertiary/aromatic N) is 4. The molecule has 0 aromatic carbocycles. The zero-order valence-electron chi connectivity index (χ0n) is 7.51. The largest absolute Gasteiger partial charge is 0.368 e. The summed E-state index contributed by atoms with van der Waals surface area (Å²) in [5, 5.41) is 1.27. The highest BCUT2D eigenvalue weighted by Gasteiger charge is 2.06. The lowest BCUT2D eigenvalue weighted by molar-refractivity contribution is 0.864. The Morgan fingerprint density at radius 1 is 1.43 bits per heavy atom. The van der Waals surface area contributed by atoms with Gasteiger partial charge in [-0.25, -0.2) is 11.7 Å². The summed E-state index contributed by atoms with van der Waals surface area (Å²) < 4.78 is 0. The molecule has 14 heavy (non-hydrogen) atoms. The van der Waals surface area contributed by atoms with Gasteiger partial charge in [-0.05, 0) is 0 Å². The Morgan fingerprint density at radius 3 is 2.71 bits per heavy atom. The van der Waals surface area contributed by atoms with Crippen LogP contribution in [0.1, 0.15) is 0 Å². The van der Waals surface area contributed by atoms with Crippen molar-refractivity contribution in [2.24, 2.45) is 11.7 Å². The van der Waals surface area contributed by atoms with Gasteiger partial charge in [-0.2, -0.15) is 15.0 Å². The molecule has 1 rings (SSSR count). The summed E-state index contributed by atoms with van der Waals surface area (Å²) in [6.45, 7) is 3.92. The molecule has 0 aliphatic rings. The molecule has 0 atom stereocenters. The summed E-state index contributed by atoms with van der Waals surface area (Å²) in [5.41, 5.74) is 7.66. The number of rotatable bonds is 4. The average molecular weight is 196 g/mol. The Kier molecular flexibility index (Phi) is 3.15. The zero-order chi connectivity index (χ0) is 10.6. The van der Waals surface area contributed by atoms with E-state index in [0.717, 1.165) is 0 Å². The van der Waals surface area contributed by atoms with Gasteiger partial charge in [0, 0.05) is 0 Å². The zero-order valence-corrected chi connectivity index (χ0v) is 7.51. The molecule has 8 heteroatoms. The van der Waals surface area contributed by atoms with Crippen molar-refractivity contribution in [2.75, 3.05) is 22.7 Å². The van der Waals surface area contributed by atoms with Crippen LogP contribution in [-0.2, 0) is 0 Å². The van der Waals surface area contributed by atoms with Crippen LogP contribution in [0.4, 0.5) is 17.8 Å². The molecule has 1 heterocycles. The molecule has 8 nitrogen and oxygen atoms in total. The molecule has 7 N–H and O–H groups in total. The first-order chi connectivity index (χ1) is 6.67. The number of nitrogens with one attached hydrogen (secondary N) is 1. The first-order valence-electron chi connectivity index (χ1n) is 3.78. The summed E-state index contributed by atoms with van der Waals surface area (Å²) in [4.78, 5) is 11.4. The van der Waals surface area contributed by atoms with Crippen molar-refractivity contribution in [1.82, 2.24) is 15.0 Å². The van der Waals surface area contributed by atoms with E-state index in [2.05, 4.69) is 27.0 Å². The molecule has 0 saturated heterocycles. The van der Waals surface area contributed by atoms with Gasteiger partial charge >= 0.3 is 0 Å². The molecule has 1 aromatic rings. The van der Waals surface area contributed by atoms with E-state index < -0.39 is 0 Å². The number of anilines is 3. The maximum absolute atomic E-state index is 5.58. The number of hydrazine groups is 2. The van der Waals surface area contributed by atoms with E-state index in [0.29, 0.717) is 6.54 Å². The van der Waals surface area contributed by atoms with Gasteiger partial charge in [0.1, 0.15) is 0 Å². The van der Waals surface area contributed by atoms with Crippen molar-refractivity contribution < 1.29 is 0 Å². The topological polar surface area (TPSA) is 132 Å². The molecule has 76 valence electrons. The van der Waals surface area contributed by atoms with Crippen molar-refractivity contribution in [2.45, 2.75) is 0 Å². The molecule has 0 saturated carbocycles. The third kappa shape index (κ3) is 2.28. The minimum absolute atomic E-state index is 0.0439. The third-order valence-electron chi connectivity index (χ3n) is 1.35. The molecule has 0 spiro atoms. The Morgan fingerprint density at radius 2 is 2.14 bits per heavy atom. The standard InChI is InChI=1S/C6H12N8/c1-2-3-14(9)6-11-4(7)10-5(12-6)13-8/h2H,1,3,8-9H2,(H3,7,10,11,12,13). The molecular formula is C6H12N8. The second-order valence-electron chi connectivity index (χ2n) is 2.40. The summed E-state index contributed by atoms with van der Waals surface area (Å²) in [6.07, 6.45) is 1.61. The van der Waals surface area contributed by atoms with Crippen LogP contribution in [0.3, 0.4) is 0 Å². The average Bonchev–Trinajstić information content (AvgIpc) is 2.17. The van der Waals surface area contributed by atoms with E-state index in [4.69, 9.17) is 17.4 Å². The van der Waals surface area contributed by atoms with E-state index in [1.807, 2.05) is 0 Å². The quantitative estimate of drug-likeness (QED) is 0.263. The van der Waals surface area contributed by atoms with Crippen LogP contribution in [0.25, 0.3) is 0 Å². The lowest BCUT2D eigenvalue weighted by Crippen LogP contribution is -2.33. The van der Waals surface area contributed by atoms with Crippen LogP contribution in [0.15, 0.2) is 12.7 Å². The SMILES string of the molecule is C=CCN(N)c1nc(N)nc(NN)n1. The van der Waals surface area contributed by atoms with Crippen molar-refractivity contribution >= 4 is 17.8 Å². The van der Waals surface area contributed by atoms with Crippen LogP contribution in [0.2, 0.25) is 0 Å². The first-order valence-corrected chi connectivity index (χ1v) is 3.78. The second-order valence-corrected chi connectivity index (χ2v) is 2.40. The Balaban J connectivity index is 2.96. The number of aromatic nitrogens is 3. The molecule has 0 bridgehead atoms. The Hall–Kier alpha value is -1.93. The molecule has 0 radical (unpaired) electrons. The molecule has 0 aliphatic carbocycles. The predicted octanol–water partition coefficient (Wildman–Crippen LogP) is -1.39. The predicted molar refractivity (Wildman–Crippen MR) is 53.8 cm³/mol. The first kappa shape index (κ1) is 10.2. The molecular weight excluding hydrogens is 184 g/mol. The van der Waals surface area contributed by atoms with Crippen LogP contribution in [0, 0.1) is 0 Å². The van der Waals surface area contributed by atoms with Gasteiger partial charge in [-0.15, -0.1) is 6.58 Å². The molecule has 0 aliphatic heterocycles. The van der Waals surface area contributed by atoms with Crippen molar-refractivity contribution in [3.8, 4) is 0 Å². The van der Waals surface area contributed by atoms with Gasteiger partial charge in [-0.3, -0.25) is 10.4 Å². The summed E-state index contributed by atoms with van der Waals surface area (Å²) in [7, 11) is 0. The fourth-order valence-corrected chi connectivity index (χ4v) is 0.794. The highest BCUT2D eigenvalue weighted by molar-refractivity contribution is 5.40. The molecule has 0 unspecified atom stereocenters. The fourth-order valence-electron chi connectivity index (χ4n) is 0.794. The van der Waals surface area contributed by atoms with Crippen molar-refractivity contribution in [3.63, 3.8) is 0 Å². The van der Waals surface area contributed by atoms with Gasteiger partial charge in [0.15, 0.2) is 0 Å². The van der Waals surface area contributed by atoms with E-state index in [1.54, 1.807) is 6.08 Å². The summed E-state index contributed by atoms with van der Waals surface area (Å²) >= 11 is 0. The minimum Gasteiger partial charge on any atom is -0.368 e. The monoisotopic (exact) mass is 196 g/mol. The van der Waals surface area contributed by atoms with Crippen molar-refractivity contribution in [1.29, 1.82) is 0 Å². The van der Waals surface area contributed by atoms with Gasteiger partial charge in [0.25, 0.3) is 0 Å². The normalized spacial score (nSPS) is 9.57. The maximum Gasteiger partial charge on any atom is 0.246 e. The number of nitrogens with two attached hydrogens (primary N) is 3. The third-order valence-corrected chi connectivity index (χ3v) is 1.35. The second kappa shape index (κ2) is 4.35. The smallest absolute Gasteiger partial charge is 0.246 e. The van der Waals surface area contributed by atoms with Gasteiger partial charge in [0.2, 0.25) is 17.8 Å². The Bertz CT molecular complexity index is 324. The lowest BCUT2D eigenvalue weighted by atomic mass is 10.6. The molecule has 1 aromatic heterocycles. The van der Waals surface area contributed by atoms with Crippen molar-refractivity contribution in [3.05, 3.63) is 12.7 Å². The van der Waals surface area contributed by atoms with Gasteiger partial charge in [-0.1, -0.05) is 6.08 Å². The van der Waals surface area contributed by atoms with E-state index >= 15 is 0 Å². The van der Waals surface area contributed by atoms with E-state index in [-0.39, 0.29) is 17.8 Å². The van der Waals surface area contributed by atoms with E-state index in [1.165, 1.54) is 5.01 Å². The van der Waals surface area contributed by atoms with Crippen LogP contribution in [-0.4, -0.2) is 21.5 Å². The fraction of sp³-hybridized carbons (Fsp3) is 0.167. The van der Waals surface area contributed by atoms with Crippen LogP contribution >= 0.6 is 0 Å². The summed E-state index contributed by atoms with van der Waals surface area (Å²) in [5.74, 6) is 11.1. The highest BCUT2D eigenvalue weighted by Crippen LogP contribution is 2.07. The summed E-state index contributed by atoms with van der Waals surface area (Å²) in [6, 6.07) is 0. The maximum atomic E-state index is 5.58. The Labute approximate surface area is 80.8 Å². The number of hydrogen-bond acceptors (Lipinski definition) is 8. The highest BCUT2D eigenvalue weighted by atomic mass is 15.5. The van der Waals surface area contributed by atoms with E-state index in [9.17, 15) is 0 Å². The van der Waals surface area contributed by atoms with Crippen LogP contribution < -0.4 is 27.9 Å². The van der Waals surface area contributed by atoms with Gasteiger partial charge in [0.05, 0.1) is 6.54 Å².